The number of rotatable bonds is 9. The van der Waals surface area contributed by atoms with E-state index in [1.54, 1.807) is 23.7 Å². The van der Waals surface area contributed by atoms with E-state index in [1.165, 1.54) is 4.57 Å². The van der Waals surface area contributed by atoms with Crippen molar-refractivity contribution in [2.75, 3.05) is 35.8 Å². The molecule has 9 heteroatoms. The Kier molecular flexibility index (Phi) is 7.74. The monoisotopic (exact) mass is 405 g/mol. The summed E-state index contributed by atoms with van der Waals surface area (Å²) in [4.78, 5) is 41.5. The summed E-state index contributed by atoms with van der Waals surface area (Å²) in [6, 6.07) is 7.56. The molecule has 0 radical (unpaired) electrons. The van der Waals surface area contributed by atoms with Crippen LogP contribution in [0.5, 0.6) is 0 Å². The van der Waals surface area contributed by atoms with Gasteiger partial charge >= 0.3 is 5.69 Å². The molecule has 2 aromatic rings. The average Bonchev–Trinajstić information content (AvgIpc) is 2.66. The van der Waals surface area contributed by atoms with Gasteiger partial charge in [-0.1, -0.05) is 25.5 Å². The van der Waals surface area contributed by atoms with Crippen molar-refractivity contribution in [2.24, 2.45) is 0 Å². The fourth-order valence-electron chi connectivity index (χ4n) is 2.83. The van der Waals surface area contributed by atoms with Crippen LogP contribution in [0.1, 0.15) is 26.2 Å². The number of nitrogens with one attached hydrogen (secondary N) is 2. The Morgan fingerprint density at radius 1 is 1.32 bits per heavy atom. The van der Waals surface area contributed by atoms with Crippen LogP contribution in [0.3, 0.4) is 0 Å². The minimum absolute atomic E-state index is 0.123. The maximum absolute atomic E-state index is 12.3. The maximum Gasteiger partial charge on any atom is 0.330 e. The molecule has 0 aliphatic rings. The first-order valence-electron chi connectivity index (χ1n) is 9.15. The van der Waals surface area contributed by atoms with Crippen molar-refractivity contribution >= 4 is 34.9 Å². The van der Waals surface area contributed by atoms with Crippen LogP contribution >= 0.6 is 11.8 Å². The number of unbranched alkanes of at least 4 members (excludes halogenated alkanes) is 1. The lowest BCUT2D eigenvalue weighted by molar-refractivity contribution is -0.116. The van der Waals surface area contributed by atoms with Crippen LogP contribution < -0.4 is 27.2 Å². The molecular formula is C19H27N5O3S. The van der Waals surface area contributed by atoms with Crippen LogP contribution in [0, 0.1) is 0 Å². The van der Waals surface area contributed by atoms with E-state index in [1.807, 2.05) is 37.4 Å². The molecule has 1 amide bonds. The number of thioether (sulfide) groups is 1. The molecule has 1 aromatic carbocycles. The third-order valence-corrected chi connectivity index (χ3v) is 5.18. The normalized spacial score (nSPS) is 10.7. The van der Waals surface area contributed by atoms with Gasteiger partial charge < -0.3 is 16.0 Å². The average molecular weight is 406 g/mol. The highest BCUT2D eigenvalue weighted by Gasteiger charge is 2.17. The minimum atomic E-state index is -0.550. The number of H-pyrrole nitrogens is 1. The molecule has 2 rings (SSSR count). The second-order valence-electron chi connectivity index (χ2n) is 6.42. The van der Waals surface area contributed by atoms with E-state index in [9.17, 15) is 14.4 Å². The number of benzene rings is 1. The first-order valence-corrected chi connectivity index (χ1v) is 10.4. The number of nitrogen functional groups attached to an aromatic ring is 1. The van der Waals surface area contributed by atoms with Gasteiger partial charge in [0.1, 0.15) is 11.5 Å². The lowest BCUT2D eigenvalue weighted by Gasteiger charge is -2.21. The number of nitrogens with zero attached hydrogens (tertiary/aromatic N) is 2. The SMILES string of the molecule is CCCCn1c(N)c(N(C)CCC(=O)Nc2ccccc2SC)c(=O)[nH]c1=O. The maximum atomic E-state index is 12.3. The number of anilines is 3. The van der Waals surface area contributed by atoms with Crippen molar-refractivity contribution in [1.82, 2.24) is 9.55 Å². The van der Waals surface area contributed by atoms with E-state index in [4.69, 9.17) is 5.73 Å². The number of aromatic nitrogens is 2. The molecule has 8 nitrogen and oxygen atoms in total. The van der Waals surface area contributed by atoms with E-state index in [0.717, 1.165) is 23.4 Å². The van der Waals surface area contributed by atoms with Crippen LogP contribution in [-0.2, 0) is 11.3 Å². The summed E-state index contributed by atoms with van der Waals surface area (Å²) in [5.74, 6) is -0.0412. The Bertz CT molecular complexity index is 938. The second kappa shape index (κ2) is 10.0. The predicted molar refractivity (Wildman–Crippen MR) is 115 cm³/mol. The third-order valence-electron chi connectivity index (χ3n) is 4.39. The summed E-state index contributed by atoms with van der Waals surface area (Å²) in [7, 11) is 1.68. The molecule has 0 bridgehead atoms. The first kappa shape index (κ1) is 21.6. The van der Waals surface area contributed by atoms with Crippen LogP contribution in [0.4, 0.5) is 17.2 Å². The smallest absolute Gasteiger partial charge is 0.330 e. The van der Waals surface area contributed by atoms with E-state index in [2.05, 4.69) is 10.3 Å². The number of hydrogen-bond acceptors (Lipinski definition) is 6. The molecule has 1 aromatic heterocycles. The van der Waals surface area contributed by atoms with Gasteiger partial charge in [-0.15, -0.1) is 11.8 Å². The molecule has 0 spiro atoms. The van der Waals surface area contributed by atoms with Gasteiger partial charge in [0.15, 0.2) is 0 Å². The summed E-state index contributed by atoms with van der Waals surface area (Å²) in [5, 5.41) is 2.89. The van der Waals surface area contributed by atoms with Crippen molar-refractivity contribution in [3.8, 4) is 0 Å². The van der Waals surface area contributed by atoms with Crippen LogP contribution in [0.2, 0.25) is 0 Å². The second-order valence-corrected chi connectivity index (χ2v) is 7.27. The molecule has 0 aliphatic carbocycles. The van der Waals surface area contributed by atoms with Crippen LogP contribution in [0.15, 0.2) is 38.8 Å². The van der Waals surface area contributed by atoms with Crippen molar-refractivity contribution in [3.63, 3.8) is 0 Å². The molecule has 4 N–H and O–H groups in total. The largest absolute Gasteiger partial charge is 0.383 e. The third kappa shape index (κ3) is 5.19. The molecule has 0 atom stereocenters. The molecule has 0 saturated heterocycles. The molecule has 1 heterocycles. The number of nitrogens with two attached hydrogens (primary N) is 1. The molecule has 0 aliphatic heterocycles. The van der Waals surface area contributed by atoms with Crippen molar-refractivity contribution in [2.45, 2.75) is 37.6 Å². The van der Waals surface area contributed by atoms with E-state index < -0.39 is 11.2 Å². The number of para-hydroxylation sites is 1. The summed E-state index contributed by atoms with van der Waals surface area (Å²) in [5.41, 5.74) is 5.99. The lowest BCUT2D eigenvalue weighted by Crippen LogP contribution is -2.38. The number of hydrogen-bond donors (Lipinski definition) is 3. The number of carbonyl (C=O) groups is 1. The van der Waals surface area contributed by atoms with E-state index in [0.29, 0.717) is 6.54 Å². The Hall–Kier alpha value is -2.68. The summed E-state index contributed by atoms with van der Waals surface area (Å²) in [6.45, 7) is 2.73. The van der Waals surface area contributed by atoms with Gasteiger partial charge in [0.05, 0.1) is 5.69 Å². The summed E-state index contributed by atoms with van der Waals surface area (Å²) in [6.07, 6.45) is 3.79. The van der Waals surface area contributed by atoms with Crippen LogP contribution in [0.25, 0.3) is 0 Å². The van der Waals surface area contributed by atoms with Gasteiger partial charge in [0.25, 0.3) is 5.56 Å². The van der Waals surface area contributed by atoms with Crippen molar-refractivity contribution in [3.05, 3.63) is 45.1 Å². The zero-order valence-electron chi connectivity index (χ0n) is 16.4. The zero-order chi connectivity index (χ0) is 20.7. The highest BCUT2D eigenvalue weighted by atomic mass is 32.2. The zero-order valence-corrected chi connectivity index (χ0v) is 17.3. The number of amides is 1. The molecule has 152 valence electrons. The fourth-order valence-corrected chi connectivity index (χ4v) is 3.38. The molecule has 0 fully saturated rings. The molecular weight excluding hydrogens is 378 g/mol. The van der Waals surface area contributed by atoms with Gasteiger partial charge in [0.2, 0.25) is 5.91 Å². The number of carbonyl (C=O) groups excluding carboxylic acids is 1. The van der Waals surface area contributed by atoms with Gasteiger partial charge in [-0.2, -0.15) is 0 Å². The molecule has 0 saturated carbocycles. The van der Waals surface area contributed by atoms with Gasteiger partial charge in [0, 0.05) is 31.5 Å². The first-order chi connectivity index (χ1) is 13.4. The Balaban J connectivity index is 2.10. The van der Waals surface area contributed by atoms with Crippen LogP contribution in [-0.4, -0.2) is 35.3 Å². The van der Waals surface area contributed by atoms with Gasteiger partial charge in [-0.25, -0.2) is 4.79 Å². The highest BCUT2D eigenvalue weighted by molar-refractivity contribution is 7.98. The fraction of sp³-hybridized carbons (Fsp3) is 0.421. The van der Waals surface area contributed by atoms with E-state index >= 15 is 0 Å². The standard InChI is InChI=1S/C19H27N5O3S/c1-4-5-11-24-17(20)16(18(26)22-19(24)27)23(2)12-10-15(25)21-13-8-6-7-9-14(13)28-3/h6-9H,4-5,10-12,20H2,1-3H3,(H,21,25)(H,22,26,27). The Morgan fingerprint density at radius 2 is 2.04 bits per heavy atom. The number of aromatic amines is 1. The summed E-state index contributed by atoms with van der Waals surface area (Å²) < 4.78 is 1.37. The Labute approximate surface area is 168 Å². The Morgan fingerprint density at radius 3 is 2.71 bits per heavy atom. The minimum Gasteiger partial charge on any atom is -0.383 e. The predicted octanol–water partition coefficient (Wildman–Crippen LogP) is 2.11. The van der Waals surface area contributed by atoms with Crippen molar-refractivity contribution < 1.29 is 4.79 Å². The van der Waals surface area contributed by atoms with Crippen molar-refractivity contribution in [1.29, 1.82) is 0 Å². The quantitative estimate of drug-likeness (QED) is 0.551. The van der Waals surface area contributed by atoms with Gasteiger partial charge in [-0.05, 0) is 24.8 Å². The molecule has 0 unspecified atom stereocenters. The highest BCUT2D eigenvalue weighted by Crippen LogP contribution is 2.24. The van der Waals surface area contributed by atoms with Gasteiger partial charge in [-0.3, -0.25) is 19.1 Å². The lowest BCUT2D eigenvalue weighted by atomic mass is 10.3. The molecule has 28 heavy (non-hydrogen) atoms. The van der Waals surface area contributed by atoms with E-state index in [-0.39, 0.29) is 30.4 Å². The summed E-state index contributed by atoms with van der Waals surface area (Å²) >= 11 is 1.55. The topological polar surface area (TPSA) is 113 Å².